The van der Waals surface area contributed by atoms with E-state index in [1.54, 1.807) is 31.4 Å². The van der Waals surface area contributed by atoms with Crippen molar-refractivity contribution in [1.82, 2.24) is 0 Å². The molecule has 0 bridgehead atoms. The zero-order valence-corrected chi connectivity index (χ0v) is 17.3. The number of nitrogens with one attached hydrogen (secondary N) is 2. The average Bonchev–Trinajstić information content (AvgIpc) is 2.79. The Bertz CT molecular complexity index is 1160. The number of para-hydroxylation sites is 1. The summed E-state index contributed by atoms with van der Waals surface area (Å²) < 4.78 is 31.2. The standard InChI is InChI=1S/C23H22N2O4S/c1-29-19-11-9-18(10-12-19)24-23(26)17-6-13-20(14-7-17)30(27,28)22-15-8-16-4-2-3-5-21(16)25-22/h2-7,9-14,22,25H,8,15H2,1H3,(H,24,26). The Morgan fingerprint density at radius 3 is 2.40 bits per heavy atom. The molecule has 0 radical (unpaired) electrons. The maximum atomic E-state index is 13.1. The van der Waals surface area contributed by atoms with Gasteiger partial charge in [-0.3, -0.25) is 4.79 Å². The van der Waals surface area contributed by atoms with Crippen molar-refractivity contribution in [1.29, 1.82) is 0 Å². The fourth-order valence-corrected chi connectivity index (χ4v) is 5.04. The number of rotatable bonds is 5. The van der Waals surface area contributed by atoms with Crippen molar-refractivity contribution in [2.75, 3.05) is 17.7 Å². The van der Waals surface area contributed by atoms with Gasteiger partial charge in [-0.2, -0.15) is 0 Å². The molecule has 2 N–H and O–H groups in total. The molecule has 1 aliphatic heterocycles. The highest BCUT2D eigenvalue weighted by atomic mass is 32.2. The van der Waals surface area contributed by atoms with Crippen LogP contribution in [0.3, 0.4) is 0 Å². The largest absolute Gasteiger partial charge is 0.497 e. The van der Waals surface area contributed by atoms with Crippen LogP contribution in [0.15, 0.2) is 77.7 Å². The van der Waals surface area contributed by atoms with Gasteiger partial charge >= 0.3 is 0 Å². The van der Waals surface area contributed by atoms with Crippen LogP contribution in [0.4, 0.5) is 11.4 Å². The Kier molecular flexibility index (Phi) is 5.46. The number of methoxy groups -OCH3 is 1. The highest BCUT2D eigenvalue weighted by Gasteiger charge is 2.30. The highest BCUT2D eigenvalue weighted by molar-refractivity contribution is 7.92. The van der Waals surface area contributed by atoms with E-state index in [9.17, 15) is 13.2 Å². The summed E-state index contributed by atoms with van der Waals surface area (Å²) in [5.74, 6) is 0.385. The zero-order valence-electron chi connectivity index (χ0n) is 16.5. The first kappa shape index (κ1) is 20.0. The molecule has 0 saturated heterocycles. The van der Waals surface area contributed by atoms with E-state index >= 15 is 0 Å². The number of benzene rings is 3. The molecule has 4 rings (SSSR count). The summed E-state index contributed by atoms with van der Waals surface area (Å²) in [6, 6.07) is 20.7. The minimum atomic E-state index is -3.57. The van der Waals surface area contributed by atoms with Gasteiger partial charge in [0, 0.05) is 16.9 Å². The van der Waals surface area contributed by atoms with Crippen LogP contribution in [0, 0.1) is 0 Å². The monoisotopic (exact) mass is 422 g/mol. The van der Waals surface area contributed by atoms with Crippen molar-refractivity contribution in [2.45, 2.75) is 23.1 Å². The number of ether oxygens (including phenoxy) is 1. The third-order valence-electron chi connectivity index (χ3n) is 5.18. The van der Waals surface area contributed by atoms with Gasteiger partial charge in [0.2, 0.25) is 0 Å². The molecule has 7 heteroatoms. The lowest BCUT2D eigenvalue weighted by Gasteiger charge is -2.26. The first-order chi connectivity index (χ1) is 14.5. The van der Waals surface area contributed by atoms with E-state index in [1.807, 2.05) is 24.3 Å². The number of hydrogen-bond acceptors (Lipinski definition) is 5. The van der Waals surface area contributed by atoms with Crippen LogP contribution in [-0.4, -0.2) is 26.8 Å². The molecular weight excluding hydrogens is 400 g/mol. The predicted octanol–water partition coefficient (Wildman–Crippen LogP) is 4.11. The third kappa shape index (κ3) is 4.02. The van der Waals surface area contributed by atoms with Gasteiger partial charge in [0.1, 0.15) is 11.1 Å². The van der Waals surface area contributed by atoms with Crippen molar-refractivity contribution >= 4 is 27.1 Å². The van der Waals surface area contributed by atoms with Crippen molar-refractivity contribution in [3.63, 3.8) is 0 Å². The Balaban J connectivity index is 1.47. The van der Waals surface area contributed by atoms with E-state index in [0.717, 1.165) is 11.3 Å². The molecule has 0 spiro atoms. The second kappa shape index (κ2) is 8.20. The number of anilines is 2. The van der Waals surface area contributed by atoms with Gasteiger partial charge in [0.05, 0.1) is 12.0 Å². The van der Waals surface area contributed by atoms with E-state index in [2.05, 4.69) is 10.6 Å². The number of sulfone groups is 1. The molecular formula is C23H22N2O4S. The van der Waals surface area contributed by atoms with Gasteiger partial charge in [-0.1, -0.05) is 18.2 Å². The Morgan fingerprint density at radius 1 is 1.00 bits per heavy atom. The minimum absolute atomic E-state index is 0.195. The number of hydrogen-bond donors (Lipinski definition) is 2. The maximum absolute atomic E-state index is 13.1. The molecule has 154 valence electrons. The van der Waals surface area contributed by atoms with Gasteiger partial charge in [-0.25, -0.2) is 8.42 Å². The van der Waals surface area contributed by atoms with Crippen molar-refractivity contribution in [2.24, 2.45) is 0 Å². The summed E-state index contributed by atoms with van der Waals surface area (Å²) in [6.07, 6.45) is 1.20. The van der Waals surface area contributed by atoms with Crippen molar-refractivity contribution < 1.29 is 17.9 Å². The van der Waals surface area contributed by atoms with Crippen LogP contribution in [-0.2, 0) is 16.3 Å². The quantitative estimate of drug-likeness (QED) is 0.647. The molecule has 0 saturated carbocycles. The smallest absolute Gasteiger partial charge is 0.255 e. The van der Waals surface area contributed by atoms with Crippen LogP contribution in [0.25, 0.3) is 0 Å². The van der Waals surface area contributed by atoms with E-state index in [1.165, 1.54) is 24.3 Å². The highest BCUT2D eigenvalue weighted by Crippen LogP contribution is 2.29. The molecule has 1 heterocycles. The van der Waals surface area contributed by atoms with Crippen LogP contribution < -0.4 is 15.4 Å². The Labute approximate surface area is 175 Å². The van der Waals surface area contributed by atoms with E-state index in [0.29, 0.717) is 29.8 Å². The first-order valence-corrected chi connectivity index (χ1v) is 11.2. The minimum Gasteiger partial charge on any atom is -0.497 e. The molecule has 1 atom stereocenters. The summed E-state index contributed by atoms with van der Waals surface area (Å²) in [7, 11) is -2.00. The normalized spacial score (nSPS) is 15.6. The fourth-order valence-electron chi connectivity index (χ4n) is 3.48. The van der Waals surface area contributed by atoms with E-state index < -0.39 is 15.2 Å². The average molecular weight is 423 g/mol. The van der Waals surface area contributed by atoms with Gasteiger partial charge < -0.3 is 15.4 Å². The zero-order chi connectivity index (χ0) is 21.1. The van der Waals surface area contributed by atoms with Crippen LogP contribution in [0.1, 0.15) is 22.3 Å². The summed E-state index contributed by atoms with van der Waals surface area (Å²) in [5.41, 5.74) is 2.98. The summed E-state index contributed by atoms with van der Waals surface area (Å²) in [6.45, 7) is 0. The third-order valence-corrected chi connectivity index (χ3v) is 7.21. The Hall–Kier alpha value is -3.32. The molecule has 6 nitrogen and oxygen atoms in total. The fraction of sp³-hybridized carbons (Fsp3) is 0.174. The van der Waals surface area contributed by atoms with Crippen molar-refractivity contribution in [3.05, 3.63) is 83.9 Å². The second-order valence-corrected chi connectivity index (χ2v) is 9.21. The van der Waals surface area contributed by atoms with Gasteiger partial charge in [0.15, 0.2) is 9.84 Å². The van der Waals surface area contributed by atoms with Gasteiger partial charge in [0.25, 0.3) is 5.91 Å². The lowest BCUT2D eigenvalue weighted by atomic mass is 10.0. The molecule has 0 aromatic heterocycles. The van der Waals surface area contributed by atoms with Crippen LogP contribution in [0.5, 0.6) is 5.75 Å². The summed E-state index contributed by atoms with van der Waals surface area (Å²) >= 11 is 0. The topological polar surface area (TPSA) is 84.5 Å². The maximum Gasteiger partial charge on any atom is 0.255 e. The predicted molar refractivity (Wildman–Crippen MR) is 117 cm³/mol. The van der Waals surface area contributed by atoms with Crippen LogP contribution >= 0.6 is 0 Å². The van der Waals surface area contributed by atoms with Gasteiger partial charge in [-0.05, 0) is 73.0 Å². The molecule has 1 unspecified atom stereocenters. The molecule has 3 aromatic carbocycles. The lowest BCUT2D eigenvalue weighted by Crippen LogP contribution is -2.33. The second-order valence-electron chi connectivity index (χ2n) is 7.08. The SMILES string of the molecule is COc1ccc(NC(=O)c2ccc(S(=O)(=O)C3CCc4ccccc4N3)cc2)cc1. The number of amides is 1. The summed E-state index contributed by atoms with van der Waals surface area (Å²) in [4.78, 5) is 12.7. The number of carbonyl (C=O) groups excluding carboxylic acids is 1. The first-order valence-electron chi connectivity index (χ1n) is 9.61. The molecule has 0 fully saturated rings. The number of aryl methyl sites for hydroxylation is 1. The lowest BCUT2D eigenvalue weighted by molar-refractivity contribution is 0.102. The summed E-state index contributed by atoms with van der Waals surface area (Å²) in [5, 5.41) is 5.23. The van der Waals surface area contributed by atoms with Crippen LogP contribution in [0.2, 0.25) is 0 Å². The molecule has 0 aliphatic carbocycles. The van der Waals surface area contributed by atoms with E-state index in [-0.39, 0.29) is 10.8 Å². The van der Waals surface area contributed by atoms with E-state index in [4.69, 9.17) is 4.74 Å². The van der Waals surface area contributed by atoms with Gasteiger partial charge in [-0.15, -0.1) is 0 Å². The molecule has 1 aliphatic rings. The molecule has 3 aromatic rings. The Morgan fingerprint density at radius 2 is 1.70 bits per heavy atom. The molecule has 30 heavy (non-hydrogen) atoms. The number of carbonyl (C=O) groups is 1. The number of fused-ring (bicyclic) bond motifs is 1. The van der Waals surface area contributed by atoms with Crippen molar-refractivity contribution in [3.8, 4) is 5.75 Å². The molecule has 1 amide bonds.